The highest BCUT2D eigenvalue weighted by Crippen LogP contribution is 2.22. The van der Waals surface area contributed by atoms with Crippen LogP contribution in [0.1, 0.15) is 0 Å². The van der Waals surface area contributed by atoms with Gasteiger partial charge >= 0.3 is 10.3 Å². The summed E-state index contributed by atoms with van der Waals surface area (Å²) in [6, 6.07) is 8.89. The van der Waals surface area contributed by atoms with Crippen molar-refractivity contribution in [1.29, 1.82) is 0 Å². The van der Waals surface area contributed by atoms with Crippen molar-refractivity contribution in [2.75, 3.05) is 0 Å². The van der Waals surface area contributed by atoms with Crippen LogP contribution in [0.4, 0.5) is 0 Å². The van der Waals surface area contributed by atoms with Crippen molar-refractivity contribution < 1.29 is 12.6 Å². The van der Waals surface area contributed by atoms with Crippen LogP contribution in [0.25, 0.3) is 10.8 Å². The zero-order valence-electron chi connectivity index (χ0n) is 7.62. The predicted octanol–water partition coefficient (Wildman–Crippen LogP) is 0.817. The third kappa shape index (κ3) is 2.23. The van der Waals surface area contributed by atoms with E-state index in [1.54, 1.807) is 18.2 Å². The molecule has 0 saturated carbocycles. The van der Waals surface area contributed by atoms with E-state index in [4.69, 9.17) is 5.14 Å². The van der Waals surface area contributed by atoms with Gasteiger partial charge in [-0.15, -0.1) is 0 Å². The van der Waals surface area contributed by atoms with Crippen LogP contribution in [0, 0.1) is 0 Å². The second-order valence-corrected chi connectivity index (χ2v) is 4.07. The van der Waals surface area contributed by atoms with Gasteiger partial charge in [-0.25, -0.2) is 4.98 Å². The van der Waals surface area contributed by atoms with Crippen LogP contribution in [0.3, 0.4) is 0 Å². The molecular weight excluding hydrogens is 216 g/mol. The van der Waals surface area contributed by atoms with Gasteiger partial charge in [-0.2, -0.15) is 13.6 Å². The van der Waals surface area contributed by atoms with Crippen molar-refractivity contribution in [2.24, 2.45) is 5.14 Å². The van der Waals surface area contributed by atoms with Crippen LogP contribution in [0.15, 0.2) is 36.5 Å². The monoisotopic (exact) mass is 224 g/mol. The van der Waals surface area contributed by atoms with Gasteiger partial charge in [0.05, 0.1) is 0 Å². The molecule has 2 rings (SSSR count). The van der Waals surface area contributed by atoms with E-state index in [2.05, 4.69) is 9.17 Å². The minimum absolute atomic E-state index is 0.00407. The summed E-state index contributed by atoms with van der Waals surface area (Å²) in [6.07, 6.45) is 1.46. The summed E-state index contributed by atoms with van der Waals surface area (Å²) < 4.78 is 26.1. The number of hydrogen-bond donors (Lipinski definition) is 1. The lowest BCUT2D eigenvalue weighted by molar-refractivity contribution is 0.481. The van der Waals surface area contributed by atoms with Gasteiger partial charge in [0.15, 0.2) is 0 Å². The fourth-order valence-corrected chi connectivity index (χ4v) is 1.62. The summed E-state index contributed by atoms with van der Waals surface area (Å²) in [5.41, 5.74) is 0. The SMILES string of the molecule is NS(=O)(=O)Oc1nccc2ccccc12. The number of benzene rings is 1. The number of aromatic nitrogens is 1. The summed E-state index contributed by atoms with van der Waals surface area (Å²) in [5, 5.41) is 6.21. The highest BCUT2D eigenvalue weighted by atomic mass is 32.2. The van der Waals surface area contributed by atoms with Crippen LogP contribution in [0.2, 0.25) is 0 Å². The molecule has 0 unspecified atom stereocenters. The van der Waals surface area contributed by atoms with Crippen molar-refractivity contribution in [3.63, 3.8) is 0 Å². The summed E-state index contributed by atoms with van der Waals surface area (Å²) in [5.74, 6) is -0.00407. The fourth-order valence-electron chi connectivity index (χ4n) is 1.27. The first-order valence-corrected chi connectivity index (χ1v) is 5.59. The third-order valence-corrected chi connectivity index (χ3v) is 2.22. The Kier molecular flexibility index (Phi) is 2.29. The van der Waals surface area contributed by atoms with E-state index in [0.29, 0.717) is 5.39 Å². The summed E-state index contributed by atoms with van der Waals surface area (Å²) in [7, 11) is -4.03. The summed E-state index contributed by atoms with van der Waals surface area (Å²) >= 11 is 0. The summed E-state index contributed by atoms with van der Waals surface area (Å²) in [4.78, 5) is 3.81. The Morgan fingerprint density at radius 1 is 1.20 bits per heavy atom. The molecule has 0 aliphatic heterocycles. The highest BCUT2D eigenvalue weighted by molar-refractivity contribution is 7.84. The molecule has 1 heterocycles. The minimum atomic E-state index is -4.03. The lowest BCUT2D eigenvalue weighted by Crippen LogP contribution is -2.19. The molecule has 15 heavy (non-hydrogen) atoms. The molecule has 0 saturated heterocycles. The Morgan fingerprint density at radius 3 is 2.67 bits per heavy atom. The van der Waals surface area contributed by atoms with Gasteiger partial charge in [0, 0.05) is 11.6 Å². The number of nitrogens with zero attached hydrogens (tertiary/aromatic N) is 1. The molecule has 6 heteroatoms. The molecule has 0 fully saturated rings. The molecular formula is C9H8N2O3S. The largest absolute Gasteiger partial charge is 0.381 e. The van der Waals surface area contributed by atoms with Crippen LogP contribution < -0.4 is 9.32 Å². The molecule has 0 aliphatic carbocycles. The quantitative estimate of drug-likeness (QED) is 0.818. The Hall–Kier alpha value is -1.66. The van der Waals surface area contributed by atoms with Gasteiger partial charge in [-0.05, 0) is 17.5 Å². The van der Waals surface area contributed by atoms with Gasteiger partial charge in [-0.1, -0.05) is 18.2 Å². The molecule has 0 radical (unpaired) electrons. The zero-order valence-corrected chi connectivity index (χ0v) is 8.44. The number of rotatable bonds is 2. The molecule has 0 spiro atoms. The van der Waals surface area contributed by atoms with Gasteiger partial charge < -0.3 is 4.18 Å². The second kappa shape index (κ2) is 3.48. The Morgan fingerprint density at radius 2 is 1.93 bits per heavy atom. The molecule has 0 bridgehead atoms. The molecule has 0 amide bonds. The molecule has 5 nitrogen and oxygen atoms in total. The molecule has 2 N–H and O–H groups in total. The minimum Gasteiger partial charge on any atom is -0.350 e. The fraction of sp³-hybridized carbons (Fsp3) is 0. The first kappa shape index (κ1) is 9.88. The average Bonchev–Trinajstić information content (AvgIpc) is 2.16. The highest BCUT2D eigenvalue weighted by Gasteiger charge is 2.09. The van der Waals surface area contributed by atoms with Gasteiger partial charge in [0.2, 0.25) is 5.88 Å². The number of hydrogen-bond acceptors (Lipinski definition) is 4. The maximum atomic E-state index is 10.8. The topological polar surface area (TPSA) is 82.3 Å². The van der Waals surface area contributed by atoms with E-state index >= 15 is 0 Å². The van der Waals surface area contributed by atoms with E-state index in [-0.39, 0.29) is 5.88 Å². The molecule has 2 aromatic rings. The van der Waals surface area contributed by atoms with E-state index in [0.717, 1.165) is 5.39 Å². The van der Waals surface area contributed by atoms with Crippen molar-refractivity contribution in [3.05, 3.63) is 36.5 Å². The number of nitrogens with two attached hydrogens (primary N) is 1. The normalized spacial score (nSPS) is 11.5. The summed E-state index contributed by atoms with van der Waals surface area (Å²) in [6.45, 7) is 0. The zero-order chi connectivity index (χ0) is 10.9. The second-order valence-electron chi connectivity index (χ2n) is 2.91. The Labute approximate surface area is 86.8 Å². The number of fused-ring (bicyclic) bond motifs is 1. The van der Waals surface area contributed by atoms with Crippen molar-refractivity contribution in [1.82, 2.24) is 4.98 Å². The Bertz CT molecular complexity index is 590. The lowest BCUT2D eigenvalue weighted by atomic mass is 10.2. The first-order valence-electron chi connectivity index (χ1n) is 4.12. The van der Waals surface area contributed by atoms with Gasteiger partial charge in [-0.3, -0.25) is 0 Å². The smallest absolute Gasteiger partial charge is 0.350 e. The lowest BCUT2D eigenvalue weighted by Gasteiger charge is -2.04. The first-order chi connectivity index (χ1) is 7.06. The van der Waals surface area contributed by atoms with E-state index in [1.807, 2.05) is 12.1 Å². The standard InChI is InChI=1S/C9H8N2O3S/c10-15(12,13)14-9-8-4-2-1-3-7(8)5-6-11-9/h1-6H,(H2,10,12,13). The van der Waals surface area contributed by atoms with Crippen molar-refractivity contribution in [2.45, 2.75) is 0 Å². The maximum Gasteiger partial charge on any atom is 0.381 e. The number of pyridine rings is 1. The van der Waals surface area contributed by atoms with E-state index < -0.39 is 10.3 Å². The van der Waals surface area contributed by atoms with Gasteiger partial charge in [0.1, 0.15) is 0 Å². The van der Waals surface area contributed by atoms with Crippen LogP contribution in [-0.4, -0.2) is 13.4 Å². The molecule has 0 aliphatic rings. The maximum absolute atomic E-state index is 10.8. The van der Waals surface area contributed by atoms with Gasteiger partial charge in [0.25, 0.3) is 0 Å². The van der Waals surface area contributed by atoms with Crippen LogP contribution >= 0.6 is 0 Å². The third-order valence-electron chi connectivity index (χ3n) is 1.83. The van der Waals surface area contributed by atoms with Crippen molar-refractivity contribution in [3.8, 4) is 5.88 Å². The van der Waals surface area contributed by atoms with E-state index in [1.165, 1.54) is 6.20 Å². The molecule has 78 valence electrons. The molecule has 0 atom stereocenters. The van der Waals surface area contributed by atoms with Crippen LogP contribution in [0.5, 0.6) is 5.88 Å². The molecule has 1 aromatic heterocycles. The Balaban J connectivity index is 2.61. The van der Waals surface area contributed by atoms with Crippen LogP contribution in [-0.2, 0) is 10.3 Å². The molecule has 1 aromatic carbocycles. The van der Waals surface area contributed by atoms with Crippen molar-refractivity contribution >= 4 is 21.1 Å². The van der Waals surface area contributed by atoms with E-state index in [9.17, 15) is 8.42 Å². The average molecular weight is 224 g/mol. The predicted molar refractivity (Wildman–Crippen MR) is 55.5 cm³/mol.